The fourth-order valence-corrected chi connectivity index (χ4v) is 6.17. The molecule has 5 aromatic rings. The van der Waals surface area contributed by atoms with E-state index in [0.717, 1.165) is 41.1 Å². The number of benzene rings is 2. The van der Waals surface area contributed by atoms with Crippen LogP contribution in [0.5, 0.6) is 5.75 Å². The smallest absolute Gasteiger partial charge is 0.356 e. The van der Waals surface area contributed by atoms with Gasteiger partial charge in [0.05, 0.1) is 37.1 Å². The van der Waals surface area contributed by atoms with Crippen LogP contribution in [0.4, 0.5) is 5.69 Å². The predicted octanol–water partition coefficient (Wildman–Crippen LogP) is 6.96. The number of amides is 1. The number of anilines is 1. The molecular weight excluding hydrogens is 665 g/mol. The first-order chi connectivity index (χ1) is 23.8. The molecule has 1 saturated heterocycles. The highest BCUT2D eigenvalue weighted by Gasteiger charge is 2.19. The molecule has 12 heteroatoms. The largest absolute Gasteiger partial charge is 0.487 e. The van der Waals surface area contributed by atoms with Gasteiger partial charge in [-0.25, -0.2) is 14.8 Å². The molecule has 2 aromatic carbocycles. The Morgan fingerprint density at radius 3 is 2.65 bits per heavy atom. The number of nitrogens with zero attached hydrogens (tertiary/aromatic N) is 4. The van der Waals surface area contributed by atoms with E-state index in [1.165, 1.54) is 12.3 Å². The highest BCUT2D eigenvalue weighted by Crippen LogP contribution is 2.36. The summed E-state index contributed by atoms with van der Waals surface area (Å²) < 4.78 is 18.8. The molecule has 252 valence electrons. The van der Waals surface area contributed by atoms with Crippen molar-refractivity contribution in [2.24, 2.45) is 0 Å². The summed E-state index contributed by atoms with van der Waals surface area (Å²) in [6.45, 7) is 7.36. The van der Waals surface area contributed by atoms with Gasteiger partial charge in [-0.15, -0.1) is 0 Å². The fourth-order valence-electron chi connectivity index (χ4n) is 5.60. The van der Waals surface area contributed by atoms with Crippen LogP contribution in [-0.4, -0.2) is 59.3 Å². The van der Waals surface area contributed by atoms with Crippen molar-refractivity contribution in [2.45, 2.75) is 27.0 Å². The summed E-state index contributed by atoms with van der Waals surface area (Å²) in [6.07, 6.45) is 6.41. The second-order valence-corrected chi connectivity index (χ2v) is 12.1. The number of esters is 1. The Morgan fingerprint density at radius 1 is 1.04 bits per heavy atom. The van der Waals surface area contributed by atoms with Crippen LogP contribution in [0, 0.1) is 6.92 Å². The van der Waals surface area contributed by atoms with Crippen molar-refractivity contribution in [1.29, 1.82) is 0 Å². The van der Waals surface area contributed by atoms with E-state index in [2.05, 4.69) is 27.3 Å². The molecule has 3 aromatic heterocycles. The standard InChI is InChI=1S/C37H35Cl2N5O5/c1-3-48-37(46)30-12-9-25(21-40-30)10-14-34(45)41-22-26-6-5-15-44(26)31-13-11-29(38)28(35(31)39)23-49-33-8-4-7-27-32(20-24(2)42-36(27)33)43-16-18-47-19-17-43/h4-15,20-21H,3,16-19,22-23H2,1-2H3,(H,41,45)/b14-10+. The van der Waals surface area contributed by atoms with E-state index in [-0.39, 0.29) is 31.4 Å². The third-order valence-electron chi connectivity index (χ3n) is 8.03. The van der Waals surface area contributed by atoms with Gasteiger partial charge in [0.1, 0.15) is 23.6 Å². The van der Waals surface area contributed by atoms with E-state index in [1.54, 1.807) is 31.2 Å². The van der Waals surface area contributed by atoms with E-state index in [0.29, 0.717) is 45.8 Å². The van der Waals surface area contributed by atoms with Crippen LogP contribution in [0.25, 0.3) is 22.7 Å². The third-order valence-corrected chi connectivity index (χ3v) is 8.81. The highest BCUT2D eigenvalue weighted by molar-refractivity contribution is 6.37. The Kier molecular flexibility index (Phi) is 10.8. The van der Waals surface area contributed by atoms with Crippen molar-refractivity contribution in [3.63, 3.8) is 0 Å². The first-order valence-electron chi connectivity index (χ1n) is 15.9. The van der Waals surface area contributed by atoms with Crippen LogP contribution < -0.4 is 15.0 Å². The zero-order chi connectivity index (χ0) is 34.3. The van der Waals surface area contributed by atoms with Gasteiger partial charge in [-0.05, 0) is 68.0 Å². The highest BCUT2D eigenvalue weighted by atomic mass is 35.5. The van der Waals surface area contributed by atoms with Gasteiger partial charge in [0.25, 0.3) is 0 Å². The van der Waals surface area contributed by atoms with E-state index in [1.807, 2.05) is 48.0 Å². The topological polar surface area (TPSA) is 108 Å². The third kappa shape index (κ3) is 7.88. The maximum absolute atomic E-state index is 12.7. The fraction of sp³-hybridized carbons (Fsp3) is 0.243. The van der Waals surface area contributed by atoms with Gasteiger partial charge in [-0.1, -0.05) is 41.4 Å². The molecule has 1 N–H and O–H groups in total. The van der Waals surface area contributed by atoms with Gasteiger partial charge < -0.3 is 29.0 Å². The monoisotopic (exact) mass is 699 g/mol. The van der Waals surface area contributed by atoms with Crippen LogP contribution in [0.1, 0.15) is 39.9 Å². The van der Waals surface area contributed by atoms with Crippen molar-refractivity contribution >= 4 is 57.7 Å². The Bertz CT molecular complexity index is 2010. The number of fused-ring (bicyclic) bond motifs is 1. The van der Waals surface area contributed by atoms with E-state index in [4.69, 9.17) is 42.4 Å². The molecule has 0 radical (unpaired) electrons. The van der Waals surface area contributed by atoms with Gasteiger partial charge in [0.2, 0.25) is 5.91 Å². The molecule has 6 rings (SSSR count). The lowest BCUT2D eigenvalue weighted by molar-refractivity contribution is -0.116. The molecule has 0 aliphatic carbocycles. The average Bonchev–Trinajstić information content (AvgIpc) is 3.58. The molecule has 1 fully saturated rings. The minimum atomic E-state index is -0.491. The summed E-state index contributed by atoms with van der Waals surface area (Å²) in [5.74, 6) is -0.153. The molecule has 0 spiro atoms. The summed E-state index contributed by atoms with van der Waals surface area (Å²) in [4.78, 5) is 35.7. The summed E-state index contributed by atoms with van der Waals surface area (Å²) in [7, 11) is 0. The quantitative estimate of drug-likeness (QED) is 0.117. The second-order valence-electron chi connectivity index (χ2n) is 11.3. The summed E-state index contributed by atoms with van der Waals surface area (Å²) in [5, 5.41) is 4.82. The van der Waals surface area contributed by atoms with E-state index in [9.17, 15) is 9.59 Å². The molecule has 1 aliphatic heterocycles. The zero-order valence-corrected chi connectivity index (χ0v) is 28.6. The first kappa shape index (κ1) is 34.0. The minimum absolute atomic E-state index is 0.126. The normalized spacial score (nSPS) is 13.2. The molecule has 0 atom stereocenters. The van der Waals surface area contributed by atoms with Gasteiger partial charge in [-0.3, -0.25) is 4.79 Å². The maximum Gasteiger partial charge on any atom is 0.356 e. The number of aryl methyl sites for hydroxylation is 1. The van der Waals surface area contributed by atoms with Gasteiger partial charge in [0.15, 0.2) is 0 Å². The van der Waals surface area contributed by atoms with Crippen molar-refractivity contribution in [2.75, 3.05) is 37.8 Å². The van der Waals surface area contributed by atoms with Crippen LogP contribution >= 0.6 is 23.2 Å². The molecule has 10 nitrogen and oxygen atoms in total. The van der Waals surface area contributed by atoms with Crippen LogP contribution in [0.2, 0.25) is 10.0 Å². The Labute approximate surface area is 294 Å². The number of morpholine rings is 1. The number of carbonyl (C=O) groups is 2. The predicted molar refractivity (Wildman–Crippen MR) is 191 cm³/mol. The number of rotatable bonds is 11. The van der Waals surface area contributed by atoms with Crippen molar-refractivity contribution in [1.82, 2.24) is 19.9 Å². The second kappa shape index (κ2) is 15.5. The van der Waals surface area contributed by atoms with E-state index >= 15 is 0 Å². The van der Waals surface area contributed by atoms with Gasteiger partial charge in [-0.2, -0.15) is 0 Å². The number of pyridine rings is 2. The number of aromatic nitrogens is 3. The molecule has 0 bridgehead atoms. The molecule has 4 heterocycles. The molecular formula is C37H35Cl2N5O5. The van der Waals surface area contributed by atoms with Gasteiger partial charge >= 0.3 is 5.97 Å². The molecule has 1 amide bonds. The minimum Gasteiger partial charge on any atom is -0.487 e. The number of para-hydroxylation sites is 1. The van der Waals surface area contributed by atoms with Gasteiger partial charge in [0, 0.05) is 64.6 Å². The Morgan fingerprint density at radius 2 is 1.88 bits per heavy atom. The maximum atomic E-state index is 12.7. The zero-order valence-electron chi connectivity index (χ0n) is 27.1. The summed E-state index contributed by atoms with van der Waals surface area (Å²) in [5.41, 5.74) is 5.79. The number of hydrogen-bond acceptors (Lipinski definition) is 8. The van der Waals surface area contributed by atoms with Crippen LogP contribution in [0.15, 0.2) is 79.1 Å². The molecule has 0 unspecified atom stereocenters. The lowest BCUT2D eigenvalue weighted by atomic mass is 10.1. The number of halogens is 2. The Balaban J connectivity index is 1.15. The van der Waals surface area contributed by atoms with Crippen molar-refractivity contribution < 1.29 is 23.8 Å². The average molecular weight is 701 g/mol. The lowest BCUT2D eigenvalue weighted by Gasteiger charge is -2.30. The number of ether oxygens (including phenoxy) is 3. The molecule has 0 saturated carbocycles. The molecule has 49 heavy (non-hydrogen) atoms. The lowest BCUT2D eigenvalue weighted by Crippen LogP contribution is -2.36. The number of nitrogens with one attached hydrogen (secondary N) is 1. The van der Waals surface area contributed by atoms with Crippen LogP contribution in [-0.2, 0) is 27.4 Å². The number of carbonyl (C=O) groups excluding carboxylic acids is 2. The first-order valence-corrected chi connectivity index (χ1v) is 16.7. The SMILES string of the molecule is CCOC(=O)c1ccc(/C=C/C(=O)NCc2cccn2-c2ccc(Cl)c(COc3cccc4c(N5CCOCC5)cc(C)nc34)c2Cl)cn1. The Hall–Kier alpha value is -4.90. The molecule has 1 aliphatic rings. The van der Waals surface area contributed by atoms with Crippen molar-refractivity contribution in [3.8, 4) is 11.4 Å². The van der Waals surface area contributed by atoms with E-state index < -0.39 is 5.97 Å². The van der Waals surface area contributed by atoms with Crippen LogP contribution in [0.3, 0.4) is 0 Å². The summed E-state index contributed by atoms with van der Waals surface area (Å²) >= 11 is 13.7. The van der Waals surface area contributed by atoms with Crippen molar-refractivity contribution in [3.05, 3.63) is 117 Å². The number of hydrogen-bond donors (Lipinski definition) is 1. The summed E-state index contributed by atoms with van der Waals surface area (Å²) in [6, 6.07) is 18.7.